The van der Waals surface area contributed by atoms with Crippen molar-refractivity contribution in [2.75, 3.05) is 11.9 Å². The number of ketones is 1. The molecule has 6 nitrogen and oxygen atoms in total. The van der Waals surface area contributed by atoms with Gasteiger partial charge in [0.1, 0.15) is 6.61 Å². The summed E-state index contributed by atoms with van der Waals surface area (Å²) in [7, 11) is 0. The molecule has 1 aromatic rings. The SMILES string of the molecule is CC(=O)c1ccc(NC(=O)NC2=CC(=O)OC2)cc1. The van der Waals surface area contributed by atoms with Crippen LogP contribution in [0.25, 0.3) is 0 Å². The number of benzene rings is 1. The van der Waals surface area contributed by atoms with Crippen LogP contribution in [0, 0.1) is 0 Å². The lowest BCUT2D eigenvalue weighted by atomic mass is 10.1. The van der Waals surface area contributed by atoms with E-state index in [1.165, 1.54) is 13.0 Å². The van der Waals surface area contributed by atoms with Crippen molar-refractivity contribution in [1.29, 1.82) is 0 Å². The van der Waals surface area contributed by atoms with Gasteiger partial charge >= 0.3 is 12.0 Å². The molecule has 1 aliphatic rings. The summed E-state index contributed by atoms with van der Waals surface area (Å²) in [6, 6.07) is 6.03. The topological polar surface area (TPSA) is 84.5 Å². The van der Waals surface area contributed by atoms with E-state index < -0.39 is 12.0 Å². The maximum absolute atomic E-state index is 11.6. The summed E-state index contributed by atoms with van der Waals surface area (Å²) >= 11 is 0. The van der Waals surface area contributed by atoms with E-state index in [-0.39, 0.29) is 12.4 Å². The molecule has 6 heteroatoms. The standard InChI is InChI=1S/C13H12N2O4/c1-8(16)9-2-4-10(5-3-9)14-13(18)15-11-6-12(17)19-7-11/h2-6H,7H2,1H3,(H2,14,15,18). The second-order valence-corrected chi connectivity index (χ2v) is 3.99. The summed E-state index contributed by atoms with van der Waals surface area (Å²) in [4.78, 5) is 33.5. The zero-order valence-corrected chi connectivity index (χ0v) is 10.2. The fraction of sp³-hybridized carbons (Fsp3) is 0.154. The van der Waals surface area contributed by atoms with Crippen molar-refractivity contribution in [3.05, 3.63) is 41.6 Å². The van der Waals surface area contributed by atoms with Gasteiger partial charge in [-0.1, -0.05) is 0 Å². The lowest BCUT2D eigenvalue weighted by Gasteiger charge is -2.07. The number of carbonyl (C=O) groups excluding carboxylic acids is 3. The molecule has 0 spiro atoms. The Labute approximate surface area is 109 Å². The summed E-state index contributed by atoms with van der Waals surface area (Å²) in [5.41, 5.74) is 1.53. The molecule has 1 aromatic carbocycles. The van der Waals surface area contributed by atoms with Gasteiger partial charge in [0.2, 0.25) is 0 Å². The number of amides is 2. The first-order chi connectivity index (χ1) is 9.04. The minimum absolute atomic E-state index is 0.0391. The number of rotatable bonds is 3. The summed E-state index contributed by atoms with van der Waals surface area (Å²) in [6.45, 7) is 1.54. The van der Waals surface area contributed by atoms with E-state index in [2.05, 4.69) is 15.4 Å². The average molecular weight is 260 g/mol. The third-order valence-corrected chi connectivity index (χ3v) is 2.49. The first-order valence-corrected chi connectivity index (χ1v) is 5.61. The lowest BCUT2D eigenvalue weighted by Crippen LogP contribution is -2.28. The Morgan fingerprint density at radius 2 is 1.84 bits per heavy atom. The van der Waals surface area contributed by atoms with Gasteiger partial charge in [-0.15, -0.1) is 0 Å². The highest BCUT2D eigenvalue weighted by molar-refractivity contribution is 5.96. The number of urea groups is 1. The van der Waals surface area contributed by atoms with Gasteiger partial charge in [0, 0.05) is 17.3 Å². The zero-order chi connectivity index (χ0) is 13.8. The van der Waals surface area contributed by atoms with Crippen molar-refractivity contribution in [1.82, 2.24) is 5.32 Å². The highest BCUT2D eigenvalue weighted by Gasteiger charge is 2.14. The van der Waals surface area contributed by atoms with Crippen LogP contribution in [0.4, 0.5) is 10.5 Å². The van der Waals surface area contributed by atoms with Crippen LogP contribution in [0.15, 0.2) is 36.0 Å². The van der Waals surface area contributed by atoms with E-state index in [1.807, 2.05) is 0 Å². The van der Waals surface area contributed by atoms with Crippen LogP contribution in [-0.2, 0) is 9.53 Å². The molecule has 0 saturated heterocycles. The monoisotopic (exact) mass is 260 g/mol. The summed E-state index contributed by atoms with van der Waals surface area (Å²) in [5.74, 6) is -0.510. The number of carbonyl (C=O) groups is 3. The van der Waals surface area contributed by atoms with E-state index in [0.29, 0.717) is 16.9 Å². The molecule has 19 heavy (non-hydrogen) atoms. The molecule has 0 aromatic heterocycles. The van der Waals surface area contributed by atoms with Gasteiger partial charge in [-0.25, -0.2) is 9.59 Å². The number of anilines is 1. The fourth-order valence-corrected chi connectivity index (χ4v) is 1.54. The Bertz CT molecular complexity index is 561. The maximum atomic E-state index is 11.6. The van der Waals surface area contributed by atoms with Crippen molar-refractivity contribution in [3.63, 3.8) is 0 Å². The van der Waals surface area contributed by atoms with Crippen molar-refractivity contribution < 1.29 is 19.1 Å². The van der Waals surface area contributed by atoms with E-state index >= 15 is 0 Å². The van der Waals surface area contributed by atoms with Gasteiger partial charge in [-0.05, 0) is 31.2 Å². The van der Waals surface area contributed by atoms with Crippen LogP contribution >= 0.6 is 0 Å². The lowest BCUT2D eigenvalue weighted by molar-refractivity contribution is -0.134. The predicted octanol–water partition coefficient (Wildman–Crippen LogP) is 1.45. The highest BCUT2D eigenvalue weighted by atomic mass is 16.5. The third kappa shape index (κ3) is 3.41. The molecule has 0 fully saturated rings. The normalized spacial score (nSPS) is 13.5. The Morgan fingerprint density at radius 3 is 2.37 bits per heavy atom. The van der Waals surface area contributed by atoms with Gasteiger partial charge in [0.25, 0.3) is 0 Å². The van der Waals surface area contributed by atoms with Crippen LogP contribution < -0.4 is 10.6 Å². The molecule has 1 aliphatic heterocycles. The number of esters is 1. The van der Waals surface area contributed by atoms with Crippen LogP contribution in [0.1, 0.15) is 17.3 Å². The van der Waals surface area contributed by atoms with E-state index in [1.54, 1.807) is 24.3 Å². The Kier molecular flexibility index (Phi) is 3.61. The third-order valence-electron chi connectivity index (χ3n) is 2.49. The Hall–Kier alpha value is -2.63. The van der Waals surface area contributed by atoms with Gasteiger partial charge in [-0.2, -0.15) is 0 Å². The highest BCUT2D eigenvalue weighted by Crippen LogP contribution is 2.10. The number of nitrogens with one attached hydrogen (secondary N) is 2. The molecular formula is C13H12N2O4. The minimum atomic E-state index is -0.472. The molecule has 2 N–H and O–H groups in total. The largest absolute Gasteiger partial charge is 0.456 e. The van der Waals surface area contributed by atoms with Crippen LogP contribution in [-0.4, -0.2) is 24.4 Å². The van der Waals surface area contributed by atoms with Crippen molar-refractivity contribution in [3.8, 4) is 0 Å². The van der Waals surface area contributed by atoms with Crippen molar-refractivity contribution >= 4 is 23.5 Å². The second kappa shape index (κ2) is 5.34. The molecule has 1 heterocycles. The minimum Gasteiger partial charge on any atom is -0.456 e. The van der Waals surface area contributed by atoms with Crippen LogP contribution in [0.5, 0.6) is 0 Å². The number of ether oxygens (including phenoxy) is 1. The van der Waals surface area contributed by atoms with Crippen molar-refractivity contribution in [2.45, 2.75) is 6.92 Å². The number of hydrogen-bond donors (Lipinski definition) is 2. The Balaban J connectivity index is 1.93. The van der Waals surface area contributed by atoms with Gasteiger partial charge in [0.15, 0.2) is 5.78 Å². The molecule has 0 saturated carbocycles. The first-order valence-electron chi connectivity index (χ1n) is 5.61. The van der Waals surface area contributed by atoms with E-state index in [4.69, 9.17) is 0 Å². The van der Waals surface area contributed by atoms with E-state index in [0.717, 1.165) is 0 Å². The second-order valence-electron chi connectivity index (χ2n) is 3.99. The predicted molar refractivity (Wildman–Crippen MR) is 67.6 cm³/mol. The molecule has 2 amide bonds. The van der Waals surface area contributed by atoms with Crippen LogP contribution in [0.3, 0.4) is 0 Å². The number of Topliss-reactive ketones (excluding diaryl/α,β-unsaturated/α-hetero) is 1. The van der Waals surface area contributed by atoms with Gasteiger partial charge in [-0.3, -0.25) is 4.79 Å². The first kappa shape index (κ1) is 12.8. The summed E-state index contributed by atoms with van der Waals surface area (Å²) < 4.78 is 4.65. The molecule has 0 atom stereocenters. The molecule has 98 valence electrons. The van der Waals surface area contributed by atoms with Gasteiger partial charge < -0.3 is 15.4 Å². The quantitative estimate of drug-likeness (QED) is 0.636. The molecule has 2 rings (SSSR count). The smallest absolute Gasteiger partial charge is 0.333 e. The summed E-state index contributed by atoms with van der Waals surface area (Å²) in [6.07, 6.45) is 1.22. The molecule has 0 aliphatic carbocycles. The number of hydrogen-bond acceptors (Lipinski definition) is 4. The fourth-order valence-electron chi connectivity index (χ4n) is 1.54. The Morgan fingerprint density at radius 1 is 1.16 bits per heavy atom. The van der Waals surface area contributed by atoms with Crippen molar-refractivity contribution in [2.24, 2.45) is 0 Å². The molecule has 0 radical (unpaired) electrons. The molecule has 0 bridgehead atoms. The summed E-state index contributed by atoms with van der Waals surface area (Å²) in [5, 5.41) is 5.07. The molecule has 0 unspecified atom stereocenters. The van der Waals surface area contributed by atoms with Crippen LogP contribution in [0.2, 0.25) is 0 Å². The number of cyclic esters (lactones) is 1. The maximum Gasteiger partial charge on any atom is 0.333 e. The van der Waals surface area contributed by atoms with Gasteiger partial charge in [0.05, 0.1) is 5.70 Å². The zero-order valence-electron chi connectivity index (χ0n) is 10.2. The molecular weight excluding hydrogens is 248 g/mol. The van der Waals surface area contributed by atoms with E-state index in [9.17, 15) is 14.4 Å². The average Bonchev–Trinajstić information content (AvgIpc) is 2.75.